The van der Waals surface area contributed by atoms with E-state index in [-0.39, 0.29) is 30.7 Å². The maximum Gasteiger partial charge on any atom is 0.304 e. The molecule has 0 radical (unpaired) electrons. The zero-order valence-electron chi connectivity index (χ0n) is 20.2. The lowest BCUT2D eigenvalue weighted by Gasteiger charge is -2.52. The molecule has 2 aliphatic rings. The molecule has 4 unspecified atom stereocenters. The third-order valence-electron chi connectivity index (χ3n) is 7.21. The number of carbonyl (C=O) groups excluding carboxylic acids is 1. The number of halogens is 2. The Bertz CT molecular complexity index is 1250. The molecule has 2 aromatic carbocycles. The van der Waals surface area contributed by atoms with Gasteiger partial charge in [-0.25, -0.2) is 13.1 Å². The fraction of sp³-hybridized carbons (Fsp3) is 0.462. The molecule has 10 heteroatoms. The van der Waals surface area contributed by atoms with E-state index in [9.17, 15) is 23.1 Å². The maximum absolute atomic E-state index is 14.2. The Morgan fingerprint density at radius 2 is 1.81 bits per heavy atom. The van der Waals surface area contributed by atoms with Gasteiger partial charge in [0.25, 0.3) is 0 Å². The summed E-state index contributed by atoms with van der Waals surface area (Å²) in [6.07, 6.45) is 2.80. The van der Waals surface area contributed by atoms with Crippen molar-refractivity contribution in [3.63, 3.8) is 0 Å². The number of likely N-dealkylation sites (tertiary alicyclic amines) is 1. The van der Waals surface area contributed by atoms with E-state index in [4.69, 9.17) is 23.2 Å². The molecule has 2 fully saturated rings. The Morgan fingerprint density at radius 3 is 2.36 bits per heavy atom. The first-order valence-electron chi connectivity index (χ1n) is 11.9. The number of nitrogens with one attached hydrogen (secondary N) is 1. The monoisotopic (exact) mass is 552 g/mol. The van der Waals surface area contributed by atoms with Gasteiger partial charge in [-0.15, -0.1) is 0 Å². The van der Waals surface area contributed by atoms with Crippen molar-refractivity contribution in [2.75, 3.05) is 12.8 Å². The standard InChI is InChI=1S/C26H30Cl2N2O5S/c1-26(14-23(31)32)13-21(18-4-3-5-20(28)12-18)24(17-8-10-19(27)11-9-17)30(25(26)33)22(16-6-7-16)15-29-36(2,34)35/h3-5,8-12,16,21-22,24,29H,6-7,13-15H2,1-2H3,(H,31,32). The quantitative estimate of drug-likeness (QED) is 0.462. The molecule has 36 heavy (non-hydrogen) atoms. The number of benzene rings is 2. The van der Waals surface area contributed by atoms with Crippen LogP contribution in [0.5, 0.6) is 0 Å². The minimum absolute atomic E-state index is 0.0603. The highest BCUT2D eigenvalue weighted by atomic mass is 35.5. The van der Waals surface area contributed by atoms with Crippen molar-refractivity contribution in [1.82, 2.24) is 9.62 Å². The van der Waals surface area contributed by atoms with Crippen LogP contribution in [-0.2, 0) is 19.6 Å². The number of piperidine rings is 1. The van der Waals surface area contributed by atoms with Crippen LogP contribution >= 0.6 is 23.2 Å². The van der Waals surface area contributed by atoms with E-state index in [2.05, 4.69) is 4.72 Å². The smallest absolute Gasteiger partial charge is 0.304 e. The molecule has 2 N–H and O–H groups in total. The van der Waals surface area contributed by atoms with Crippen LogP contribution in [-0.4, -0.2) is 49.1 Å². The summed E-state index contributed by atoms with van der Waals surface area (Å²) in [6.45, 7) is 1.75. The van der Waals surface area contributed by atoms with E-state index < -0.39 is 33.5 Å². The second kappa shape index (κ2) is 10.3. The third kappa shape index (κ3) is 6.05. The lowest BCUT2D eigenvalue weighted by Crippen LogP contribution is -2.59. The lowest BCUT2D eigenvalue weighted by atomic mass is 9.67. The number of amides is 1. The molecular weight excluding hydrogens is 523 g/mol. The van der Waals surface area contributed by atoms with Gasteiger partial charge in [0.2, 0.25) is 15.9 Å². The highest BCUT2D eigenvalue weighted by Crippen LogP contribution is 2.53. The summed E-state index contributed by atoms with van der Waals surface area (Å²) in [5.41, 5.74) is 0.558. The van der Waals surface area contributed by atoms with Crippen LogP contribution in [0.4, 0.5) is 0 Å². The van der Waals surface area contributed by atoms with Gasteiger partial charge < -0.3 is 10.0 Å². The highest BCUT2D eigenvalue weighted by molar-refractivity contribution is 7.88. The van der Waals surface area contributed by atoms with Gasteiger partial charge in [0.15, 0.2) is 0 Å². The first-order chi connectivity index (χ1) is 16.9. The zero-order chi connectivity index (χ0) is 26.3. The van der Waals surface area contributed by atoms with Crippen LogP contribution in [0.1, 0.15) is 55.7 Å². The van der Waals surface area contributed by atoms with Gasteiger partial charge in [0.05, 0.1) is 24.1 Å². The van der Waals surface area contributed by atoms with E-state index in [1.165, 1.54) is 0 Å². The second-order valence-corrected chi connectivity index (χ2v) is 12.9. The lowest BCUT2D eigenvalue weighted by molar-refractivity contribution is -0.161. The number of rotatable bonds is 9. The summed E-state index contributed by atoms with van der Waals surface area (Å²) in [5.74, 6) is -1.50. The second-order valence-electron chi connectivity index (χ2n) is 10.2. The predicted octanol–water partition coefficient (Wildman–Crippen LogP) is 4.86. The molecule has 4 rings (SSSR count). The van der Waals surface area contributed by atoms with Crippen LogP contribution in [0, 0.1) is 11.3 Å². The molecule has 1 amide bonds. The van der Waals surface area contributed by atoms with Crippen molar-refractivity contribution >= 4 is 45.1 Å². The van der Waals surface area contributed by atoms with Crippen molar-refractivity contribution < 1.29 is 23.1 Å². The Kier molecular flexibility index (Phi) is 7.72. The molecule has 1 saturated heterocycles. The van der Waals surface area contributed by atoms with Gasteiger partial charge in [0.1, 0.15) is 0 Å². The molecule has 4 atom stereocenters. The number of sulfonamides is 1. The summed E-state index contributed by atoms with van der Waals surface area (Å²) >= 11 is 12.5. The predicted molar refractivity (Wildman–Crippen MR) is 140 cm³/mol. The fourth-order valence-corrected chi connectivity index (χ4v) is 6.25. The summed E-state index contributed by atoms with van der Waals surface area (Å²) < 4.78 is 26.6. The van der Waals surface area contributed by atoms with Crippen LogP contribution in [0.15, 0.2) is 48.5 Å². The number of aliphatic carboxylic acids is 1. The van der Waals surface area contributed by atoms with Gasteiger partial charge >= 0.3 is 5.97 Å². The molecule has 194 valence electrons. The van der Waals surface area contributed by atoms with Gasteiger partial charge in [-0.1, -0.05) is 54.4 Å². The summed E-state index contributed by atoms with van der Waals surface area (Å²) in [7, 11) is -3.50. The Morgan fingerprint density at radius 1 is 1.14 bits per heavy atom. The van der Waals surface area contributed by atoms with Crippen molar-refractivity contribution in [2.24, 2.45) is 11.3 Å². The Hall–Kier alpha value is -2.13. The van der Waals surface area contributed by atoms with Crippen molar-refractivity contribution in [3.05, 3.63) is 69.7 Å². The number of hydrogen-bond donors (Lipinski definition) is 2. The van der Waals surface area contributed by atoms with Gasteiger partial charge in [-0.3, -0.25) is 9.59 Å². The minimum Gasteiger partial charge on any atom is -0.481 e. The molecule has 0 bridgehead atoms. The van der Waals surface area contributed by atoms with Crippen molar-refractivity contribution in [2.45, 2.75) is 50.6 Å². The van der Waals surface area contributed by atoms with Gasteiger partial charge in [-0.2, -0.15) is 0 Å². The number of nitrogens with zero attached hydrogens (tertiary/aromatic N) is 1. The number of carbonyl (C=O) groups is 2. The van der Waals surface area contributed by atoms with E-state index >= 15 is 0 Å². The zero-order valence-corrected chi connectivity index (χ0v) is 22.5. The average molecular weight is 554 g/mol. The molecule has 7 nitrogen and oxygen atoms in total. The molecule has 1 aliphatic carbocycles. The minimum atomic E-state index is -3.50. The molecular formula is C26H30Cl2N2O5S. The van der Waals surface area contributed by atoms with E-state index in [1.54, 1.807) is 30.0 Å². The number of hydrogen-bond acceptors (Lipinski definition) is 4. The summed E-state index contributed by atoms with van der Waals surface area (Å²) in [5, 5.41) is 10.8. The van der Waals surface area contributed by atoms with Gasteiger partial charge in [0, 0.05) is 28.5 Å². The largest absolute Gasteiger partial charge is 0.481 e. The van der Waals surface area contributed by atoms with Crippen LogP contribution in [0.25, 0.3) is 0 Å². The molecule has 0 spiro atoms. The SMILES string of the molecule is CC1(CC(=O)O)CC(c2cccc(Cl)c2)C(c2ccc(Cl)cc2)N(C(CNS(C)(=O)=O)C2CC2)C1=O. The average Bonchev–Trinajstić information content (AvgIpc) is 3.61. The fourth-order valence-electron chi connectivity index (χ4n) is 5.45. The van der Waals surface area contributed by atoms with E-state index in [0.29, 0.717) is 16.5 Å². The Labute approximate surface area is 221 Å². The highest BCUT2D eigenvalue weighted by Gasteiger charge is 2.54. The molecule has 0 aromatic heterocycles. The van der Waals surface area contributed by atoms with Crippen LogP contribution in [0.3, 0.4) is 0 Å². The molecule has 2 aromatic rings. The van der Waals surface area contributed by atoms with E-state index in [1.807, 2.05) is 30.3 Å². The van der Waals surface area contributed by atoms with Crippen LogP contribution < -0.4 is 4.72 Å². The van der Waals surface area contributed by atoms with Gasteiger partial charge in [-0.05, 0) is 60.6 Å². The number of carboxylic acids is 1. The Balaban J connectivity index is 1.89. The molecule has 1 saturated carbocycles. The maximum atomic E-state index is 14.2. The molecule has 1 aliphatic heterocycles. The third-order valence-corrected chi connectivity index (χ3v) is 8.39. The topological polar surface area (TPSA) is 104 Å². The van der Waals surface area contributed by atoms with Crippen LogP contribution in [0.2, 0.25) is 10.0 Å². The number of carboxylic acid groups (broad SMARTS) is 1. The van der Waals surface area contributed by atoms with Crippen molar-refractivity contribution in [1.29, 1.82) is 0 Å². The summed E-state index contributed by atoms with van der Waals surface area (Å²) in [6, 6.07) is 13.8. The normalized spacial score (nSPS) is 25.6. The van der Waals surface area contributed by atoms with Crippen molar-refractivity contribution in [3.8, 4) is 0 Å². The first-order valence-corrected chi connectivity index (χ1v) is 14.5. The van der Waals surface area contributed by atoms with E-state index in [0.717, 1.165) is 30.2 Å². The first kappa shape index (κ1) is 26.9. The molecule has 1 heterocycles. The summed E-state index contributed by atoms with van der Waals surface area (Å²) in [4.78, 5) is 27.9.